The molecular formula is C9H15IO3. The van der Waals surface area contributed by atoms with E-state index in [-0.39, 0.29) is 6.10 Å². The Morgan fingerprint density at radius 1 is 1.38 bits per heavy atom. The zero-order valence-corrected chi connectivity index (χ0v) is 9.73. The predicted molar refractivity (Wildman–Crippen MR) is 57.3 cm³/mol. The first-order chi connectivity index (χ1) is 6.36. The second kappa shape index (κ2) is 4.91. The fourth-order valence-corrected chi connectivity index (χ4v) is 2.34. The van der Waals surface area contributed by atoms with E-state index in [1.165, 1.54) is 6.42 Å². The van der Waals surface area contributed by atoms with E-state index in [1.54, 1.807) is 0 Å². The molecule has 0 radical (unpaired) electrons. The Morgan fingerprint density at radius 3 is 2.92 bits per heavy atom. The average Bonchev–Trinajstić information content (AvgIpc) is 2.72. The summed E-state index contributed by atoms with van der Waals surface area (Å²) >= 11 is 2.39. The number of ether oxygens (including phenoxy) is 3. The van der Waals surface area contributed by atoms with Gasteiger partial charge in [0.25, 0.3) is 0 Å². The second-order valence-electron chi connectivity index (χ2n) is 3.56. The molecule has 2 fully saturated rings. The smallest absolute Gasteiger partial charge is 0.0949 e. The molecule has 76 valence electrons. The predicted octanol–water partition coefficient (Wildman–Crippen LogP) is 1.38. The van der Waals surface area contributed by atoms with Crippen molar-refractivity contribution >= 4 is 22.6 Å². The molecule has 2 heterocycles. The summed E-state index contributed by atoms with van der Waals surface area (Å²) in [4.78, 5) is 0. The van der Waals surface area contributed by atoms with Gasteiger partial charge in [-0.3, -0.25) is 0 Å². The lowest BCUT2D eigenvalue weighted by atomic mass is 10.2. The number of halogens is 1. The number of rotatable bonds is 3. The minimum absolute atomic E-state index is 0.282. The van der Waals surface area contributed by atoms with Crippen LogP contribution in [0.2, 0.25) is 0 Å². The second-order valence-corrected chi connectivity index (χ2v) is 5.16. The van der Waals surface area contributed by atoms with Gasteiger partial charge in [-0.15, -0.1) is 0 Å². The highest BCUT2D eigenvalue weighted by molar-refractivity contribution is 14.1. The van der Waals surface area contributed by atoms with Crippen molar-refractivity contribution in [3.8, 4) is 0 Å². The topological polar surface area (TPSA) is 27.7 Å². The third kappa shape index (κ3) is 2.78. The molecule has 0 aromatic rings. The summed E-state index contributed by atoms with van der Waals surface area (Å²) in [6.45, 7) is 3.23. The average molecular weight is 298 g/mol. The Kier molecular flexibility index (Phi) is 3.83. The van der Waals surface area contributed by atoms with E-state index in [9.17, 15) is 0 Å². The summed E-state index contributed by atoms with van der Waals surface area (Å²) in [6, 6.07) is 0. The minimum Gasteiger partial charge on any atom is -0.378 e. The Morgan fingerprint density at radius 2 is 2.31 bits per heavy atom. The van der Waals surface area contributed by atoms with E-state index >= 15 is 0 Å². The molecule has 2 aliphatic heterocycles. The fourth-order valence-electron chi connectivity index (χ4n) is 1.67. The molecule has 0 aromatic carbocycles. The van der Waals surface area contributed by atoms with Crippen LogP contribution in [0.4, 0.5) is 0 Å². The van der Waals surface area contributed by atoms with Gasteiger partial charge in [-0.1, -0.05) is 22.6 Å². The molecule has 2 aliphatic rings. The summed E-state index contributed by atoms with van der Waals surface area (Å²) in [5, 5.41) is 0. The van der Waals surface area contributed by atoms with Crippen molar-refractivity contribution in [2.75, 3.05) is 26.4 Å². The van der Waals surface area contributed by atoms with Crippen LogP contribution in [0.5, 0.6) is 0 Å². The molecule has 2 rings (SSSR count). The summed E-state index contributed by atoms with van der Waals surface area (Å²) < 4.78 is 17.0. The molecule has 0 spiro atoms. The van der Waals surface area contributed by atoms with Gasteiger partial charge in [-0.25, -0.2) is 0 Å². The molecule has 0 amide bonds. The molecule has 13 heavy (non-hydrogen) atoms. The lowest BCUT2D eigenvalue weighted by molar-refractivity contribution is -0.0203. The van der Waals surface area contributed by atoms with Crippen molar-refractivity contribution in [1.29, 1.82) is 0 Å². The SMILES string of the molecule is IC1COCC1OCC1CCCO1. The van der Waals surface area contributed by atoms with Crippen molar-refractivity contribution in [2.45, 2.75) is 29.0 Å². The normalized spacial score (nSPS) is 39.9. The molecule has 0 aliphatic carbocycles. The van der Waals surface area contributed by atoms with E-state index in [1.807, 2.05) is 0 Å². The molecule has 0 aromatic heterocycles. The van der Waals surface area contributed by atoms with Crippen LogP contribution in [0.1, 0.15) is 12.8 Å². The molecule has 4 heteroatoms. The monoisotopic (exact) mass is 298 g/mol. The van der Waals surface area contributed by atoms with Gasteiger partial charge >= 0.3 is 0 Å². The maximum atomic E-state index is 5.74. The molecule has 0 saturated carbocycles. The van der Waals surface area contributed by atoms with Crippen molar-refractivity contribution in [3.05, 3.63) is 0 Å². The van der Waals surface area contributed by atoms with E-state index in [2.05, 4.69) is 22.6 Å². The molecule has 3 nitrogen and oxygen atoms in total. The van der Waals surface area contributed by atoms with E-state index < -0.39 is 0 Å². The van der Waals surface area contributed by atoms with Gasteiger partial charge in [0, 0.05) is 6.61 Å². The Balaban J connectivity index is 1.66. The first-order valence-corrected chi connectivity index (χ1v) is 6.06. The van der Waals surface area contributed by atoms with Crippen molar-refractivity contribution in [2.24, 2.45) is 0 Å². The van der Waals surface area contributed by atoms with Crippen molar-refractivity contribution in [3.63, 3.8) is 0 Å². The first-order valence-electron chi connectivity index (χ1n) is 4.81. The number of hydrogen-bond acceptors (Lipinski definition) is 3. The van der Waals surface area contributed by atoms with Gasteiger partial charge in [-0.05, 0) is 12.8 Å². The molecule has 0 bridgehead atoms. The van der Waals surface area contributed by atoms with E-state index in [0.29, 0.717) is 10.0 Å². The third-order valence-electron chi connectivity index (χ3n) is 2.48. The van der Waals surface area contributed by atoms with Crippen molar-refractivity contribution < 1.29 is 14.2 Å². The van der Waals surface area contributed by atoms with Crippen LogP contribution in [-0.4, -0.2) is 42.6 Å². The summed E-state index contributed by atoms with van der Waals surface area (Å²) in [5.41, 5.74) is 0. The van der Waals surface area contributed by atoms with Gasteiger partial charge in [0.05, 0.1) is 36.0 Å². The summed E-state index contributed by atoms with van der Waals surface area (Å²) in [6.07, 6.45) is 2.96. The molecule has 3 unspecified atom stereocenters. The largest absolute Gasteiger partial charge is 0.378 e. The van der Waals surface area contributed by atoms with Gasteiger partial charge in [0.2, 0.25) is 0 Å². The third-order valence-corrected chi connectivity index (χ3v) is 3.64. The molecule has 0 N–H and O–H groups in total. The molecule has 2 saturated heterocycles. The maximum absolute atomic E-state index is 5.74. The highest BCUT2D eigenvalue weighted by atomic mass is 127. The van der Waals surface area contributed by atoms with Crippen LogP contribution < -0.4 is 0 Å². The Labute approximate surface area is 92.2 Å². The molecular weight excluding hydrogens is 283 g/mol. The van der Waals surface area contributed by atoms with Gasteiger partial charge in [0.1, 0.15) is 0 Å². The number of hydrogen-bond donors (Lipinski definition) is 0. The first kappa shape index (κ1) is 10.1. The van der Waals surface area contributed by atoms with Crippen LogP contribution in [0.25, 0.3) is 0 Å². The Hall–Kier alpha value is 0.610. The van der Waals surface area contributed by atoms with E-state index in [0.717, 1.165) is 32.8 Å². The zero-order chi connectivity index (χ0) is 9.10. The van der Waals surface area contributed by atoms with Crippen LogP contribution in [0.15, 0.2) is 0 Å². The lowest BCUT2D eigenvalue weighted by Crippen LogP contribution is -2.26. The fraction of sp³-hybridized carbons (Fsp3) is 1.00. The molecule has 3 atom stereocenters. The maximum Gasteiger partial charge on any atom is 0.0949 e. The van der Waals surface area contributed by atoms with Crippen LogP contribution in [-0.2, 0) is 14.2 Å². The summed E-state index contributed by atoms with van der Waals surface area (Å²) in [5.74, 6) is 0. The van der Waals surface area contributed by atoms with Crippen LogP contribution in [0, 0.1) is 0 Å². The van der Waals surface area contributed by atoms with Crippen molar-refractivity contribution in [1.82, 2.24) is 0 Å². The van der Waals surface area contributed by atoms with E-state index in [4.69, 9.17) is 14.2 Å². The quantitative estimate of drug-likeness (QED) is 0.582. The highest BCUT2D eigenvalue weighted by Crippen LogP contribution is 2.20. The standard InChI is InChI=1S/C9H15IO3/c10-8-5-11-6-9(8)13-4-7-2-1-3-12-7/h7-9H,1-6H2. The van der Waals surface area contributed by atoms with Crippen LogP contribution in [0.3, 0.4) is 0 Å². The minimum atomic E-state index is 0.282. The Bertz CT molecular complexity index is 159. The zero-order valence-electron chi connectivity index (χ0n) is 7.58. The van der Waals surface area contributed by atoms with Gasteiger partial charge in [-0.2, -0.15) is 0 Å². The highest BCUT2D eigenvalue weighted by Gasteiger charge is 2.28. The van der Waals surface area contributed by atoms with Gasteiger partial charge in [0.15, 0.2) is 0 Å². The van der Waals surface area contributed by atoms with Gasteiger partial charge < -0.3 is 14.2 Å². The number of alkyl halides is 1. The summed E-state index contributed by atoms with van der Waals surface area (Å²) in [7, 11) is 0. The lowest BCUT2D eigenvalue weighted by Gasteiger charge is -2.16. The van der Waals surface area contributed by atoms with Crippen LogP contribution >= 0.6 is 22.6 Å².